The molecule has 0 bridgehead atoms. The first kappa shape index (κ1) is 23.2. The van der Waals surface area contributed by atoms with Gasteiger partial charge in [-0.3, -0.25) is 4.79 Å². The number of piperidine rings is 1. The number of aryl methyl sites for hydroxylation is 2. The average Bonchev–Trinajstić information content (AvgIpc) is 3.16. The smallest absolute Gasteiger partial charge is 0.222 e. The van der Waals surface area contributed by atoms with Crippen molar-refractivity contribution in [2.75, 3.05) is 31.6 Å². The molecule has 0 radical (unpaired) electrons. The number of hydrogen-bond acceptors (Lipinski definition) is 5. The van der Waals surface area contributed by atoms with Crippen LogP contribution in [0.15, 0.2) is 42.6 Å². The summed E-state index contributed by atoms with van der Waals surface area (Å²) in [6.45, 7) is 4.32. The molecular formula is C25H32FN5O2. The number of carbonyl (C=O) groups is 1. The molecule has 0 aliphatic carbocycles. The highest BCUT2D eigenvalue weighted by Crippen LogP contribution is 2.26. The number of benzene rings is 1. The van der Waals surface area contributed by atoms with Crippen LogP contribution in [0.4, 0.5) is 10.2 Å². The average molecular weight is 454 g/mol. The van der Waals surface area contributed by atoms with Gasteiger partial charge in [0.05, 0.1) is 29.4 Å². The minimum absolute atomic E-state index is 0.0135. The van der Waals surface area contributed by atoms with Crippen molar-refractivity contribution in [3.8, 4) is 0 Å². The Kier molecular flexibility index (Phi) is 6.93. The molecule has 3 aromatic rings. The molecule has 33 heavy (non-hydrogen) atoms. The van der Waals surface area contributed by atoms with Gasteiger partial charge in [0.25, 0.3) is 0 Å². The van der Waals surface area contributed by atoms with E-state index in [-0.39, 0.29) is 18.3 Å². The largest absolute Gasteiger partial charge is 0.386 e. The van der Waals surface area contributed by atoms with Crippen molar-refractivity contribution in [1.82, 2.24) is 19.4 Å². The Morgan fingerprint density at radius 1 is 1.27 bits per heavy atom. The van der Waals surface area contributed by atoms with E-state index in [0.717, 1.165) is 42.8 Å². The van der Waals surface area contributed by atoms with Gasteiger partial charge in [0.15, 0.2) is 0 Å². The van der Waals surface area contributed by atoms with Crippen LogP contribution < -0.4 is 4.90 Å². The molecular weight excluding hydrogens is 421 g/mol. The molecule has 1 saturated heterocycles. The molecule has 1 aromatic carbocycles. The minimum atomic E-state index is -1.02. The summed E-state index contributed by atoms with van der Waals surface area (Å²) < 4.78 is 15.4. The maximum absolute atomic E-state index is 13.2. The zero-order chi connectivity index (χ0) is 23.4. The maximum atomic E-state index is 13.2. The maximum Gasteiger partial charge on any atom is 0.222 e. The number of fused-ring (bicyclic) bond motifs is 1. The first-order chi connectivity index (χ1) is 15.9. The molecule has 0 unspecified atom stereocenters. The topological polar surface area (TPSA) is 74.5 Å². The Bertz CT molecular complexity index is 1100. The van der Waals surface area contributed by atoms with Gasteiger partial charge in [-0.25, -0.2) is 14.4 Å². The first-order valence-corrected chi connectivity index (χ1v) is 11.7. The number of likely N-dealkylation sites (N-methyl/N-ethyl adjacent to an activating group) is 1. The third-order valence-electron chi connectivity index (χ3n) is 6.39. The van der Waals surface area contributed by atoms with Crippen LogP contribution in [0.2, 0.25) is 0 Å². The van der Waals surface area contributed by atoms with Crippen LogP contribution in [0, 0.1) is 5.82 Å². The van der Waals surface area contributed by atoms with Gasteiger partial charge in [-0.1, -0.05) is 12.1 Å². The number of rotatable bonds is 8. The van der Waals surface area contributed by atoms with E-state index in [0.29, 0.717) is 31.6 Å². The van der Waals surface area contributed by atoms with E-state index in [2.05, 4.69) is 22.5 Å². The summed E-state index contributed by atoms with van der Waals surface area (Å²) in [4.78, 5) is 25.2. The second-order valence-corrected chi connectivity index (χ2v) is 8.95. The lowest BCUT2D eigenvalue weighted by molar-refractivity contribution is -0.133. The van der Waals surface area contributed by atoms with E-state index < -0.39 is 5.60 Å². The number of halogens is 1. The van der Waals surface area contributed by atoms with Gasteiger partial charge in [0, 0.05) is 39.5 Å². The van der Waals surface area contributed by atoms with Gasteiger partial charge in [0.1, 0.15) is 17.5 Å². The highest BCUT2D eigenvalue weighted by molar-refractivity contribution is 5.76. The number of pyridine rings is 1. The van der Waals surface area contributed by atoms with Gasteiger partial charge in [0.2, 0.25) is 5.91 Å². The van der Waals surface area contributed by atoms with E-state index in [1.54, 1.807) is 18.0 Å². The molecule has 4 rings (SSSR count). The number of aromatic nitrogens is 3. The van der Waals surface area contributed by atoms with Gasteiger partial charge in [-0.15, -0.1) is 0 Å². The molecule has 8 heteroatoms. The zero-order valence-corrected chi connectivity index (χ0v) is 19.4. The lowest BCUT2D eigenvalue weighted by Gasteiger charge is -2.41. The summed E-state index contributed by atoms with van der Waals surface area (Å²) in [6, 6.07) is 11.1. The number of anilines is 1. The van der Waals surface area contributed by atoms with Crippen molar-refractivity contribution in [1.29, 1.82) is 0 Å². The Morgan fingerprint density at radius 2 is 2.09 bits per heavy atom. The number of para-hydroxylation sites is 2. The summed E-state index contributed by atoms with van der Waals surface area (Å²) in [6.07, 6.45) is 4.43. The molecule has 3 heterocycles. The molecule has 0 saturated carbocycles. The fraction of sp³-hybridized carbons (Fsp3) is 0.480. The highest BCUT2D eigenvalue weighted by atomic mass is 19.1. The van der Waals surface area contributed by atoms with Crippen molar-refractivity contribution < 1.29 is 14.3 Å². The number of imidazole rings is 1. The fourth-order valence-corrected chi connectivity index (χ4v) is 4.78. The Morgan fingerprint density at radius 3 is 2.85 bits per heavy atom. The van der Waals surface area contributed by atoms with E-state index in [1.807, 2.05) is 23.1 Å². The van der Waals surface area contributed by atoms with Gasteiger partial charge >= 0.3 is 0 Å². The van der Waals surface area contributed by atoms with Gasteiger partial charge in [-0.2, -0.15) is 0 Å². The standard InChI is InChI=1S/C25H32FN5O2/c1-3-31-21-9-5-4-8-20(21)28-23(31)10-6-11-24(32)29(2)17-25(33)14-7-15-30(18-25)22-13-12-19(26)16-27-22/h4-5,8-9,12-13,16,33H,3,6-7,10-11,14-15,17-18H2,1-2H3/t25-/m1/s1. The van der Waals surface area contributed by atoms with Crippen LogP contribution in [-0.4, -0.2) is 62.7 Å². The molecule has 1 aliphatic heterocycles. The molecule has 1 aliphatic rings. The lowest BCUT2D eigenvalue weighted by Crippen LogP contribution is -2.54. The Hall–Kier alpha value is -3.00. The summed E-state index contributed by atoms with van der Waals surface area (Å²) in [7, 11) is 1.75. The lowest BCUT2D eigenvalue weighted by atomic mass is 9.92. The second-order valence-electron chi connectivity index (χ2n) is 8.95. The van der Waals surface area contributed by atoms with E-state index >= 15 is 0 Å². The Balaban J connectivity index is 1.31. The first-order valence-electron chi connectivity index (χ1n) is 11.7. The summed E-state index contributed by atoms with van der Waals surface area (Å²) in [5, 5.41) is 11.2. The monoisotopic (exact) mass is 453 g/mol. The van der Waals surface area contributed by atoms with Crippen LogP contribution in [0.25, 0.3) is 11.0 Å². The molecule has 2 aromatic heterocycles. The molecule has 7 nitrogen and oxygen atoms in total. The minimum Gasteiger partial charge on any atom is -0.386 e. The molecule has 176 valence electrons. The van der Waals surface area contributed by atoms with E-state index in [1.165, 1.54) is 12.3 Å². The molecule has 0 spiro atoms. The van der Waals surface area contributed by atoms with Crippen LogP contribution >= 0.6 is 0 Å². The van der Waals surface area contributed by atoms with Crippen LogP contribution in [-0.2, 0) is 17.8 Å². The second kappa shape index (κ2) is 9.87. The number of hydrogen-bond donors (Lipinski definition) is 1. The number of amides is 1. The summed E-state index contributed by atoms with van der Waals surface area (Å²) in [5.41, 5.74) is 1.09. The molecule has 1 amide bonds. The quantitative estimate of drug-likeness (QED) is 0.566. The summed E-state index contributed by atoms with van der Waals surface area (Å²) >= 11 is 0. The predicted octanol–water partition coefficient (Wildman–Crippen LogP) is 3.40. The molecule has 1 N–H and O–H groups in total. The van der Waals surface area contributed by atoms with E-state index in [4.69, 9.17) is 4.98 Å². The normalized spacial score (nSPS) is 18.6. The number of β-amino-alcohol motifs (C(OH)–C–C–N with tert-alkyl or cyclic N) is 1. The molecule has 1 atom stereocenters. The van der Waals surface area contributed by atoms with Gasteiger partial charge < -0.3 is 19.5 Å². The van der Waals surface area contributed by atoms with Crippen molar-refractivity contribution in [3.63, 3.8) is 0 Å². The highest BCUT2D eigenvalue weighted by Gasteiger charge is 2.35. The van der Waals surface area contributed by atoms with Crippen LogP contribution in [0.3, 0.4) is 0 Å². The summed E-state index contributed by atoms with van der Waals surface area (Å²) in [5.74, 6) is 1.27. The number of carbonyl (C=O) groups excluding carboxylic acids is 1. The zero-order valence-electron chi connectivity index (χ0n) is 19.4. The predicted molar refractivity (Wildman–Crippen MR) is 127 cm³/mol. The van der Waals surface area contributed by atoms with Crippen molar-refractivity contribution in [2.45, 2.75) is 51.2 Å². The van der Waals surface area contributed by atoms with Gasteiger partial charge in [-0.05, 0) is 50.5 Å². The van der Waals surface area contributed by atoms with Crippen molar-refractivity contribution in [3.05, 3.63) is 54.2 Å². The third kappa shape index (κ3) is 5.33. The number of aliphatic hydroxyl groups is 1. The fourth-order valence-electron chi connectivity index (χ4n) is 4.78. The third-order valence-corrected chi connectivity index (χ3v) is 6.39. The number of nitrogens with zero attached hydrogens (tertiary/aromatic N) is 5. The Labute approximate surface area is 193 Å². The van der Waals surface area contributed by atoms with Crippen LogP contribution in [0.5, 0.6) is 0 Å². The van der Waals surface area contributed by atoms with Crippen LogP contribution in [0.1, 0.15) is 38.4 Å². The SMILES string of the molecule is CCn1c(CCCC(=O)N(C)C[C@]2(O)CCCN(c3ccc(F)cn3)C2)nc2ccccc21. The van der Waals surface area contributed by atoms with Crippen molar-refractivity contribution >= 4 is 22.8 Å². The van der Waals surface area contributed by atoms with Crippen molar-refractivity contribution in [2.24, 2.45) is 0 Å². The van der Waals surface area contributed by atoms with E-state index in [9.17, 15) is 14.3 Å². The molecule has 1 fully saturated rings.